The molecule has 0 bridgehead atoms. The molecule has 0 fully saturated rings. The second-order valence-electron chi connectivity index (χ2n) is 9.29. The average molecular weight is 504 g/mol. The molecule has 37 heavy (non-hydrogen) atoms. The number of Topliss-reactive ketones (excluding diaryl/α,β-unsaturated/α-hetero) is 2. The molecule has 0 atom stereocenters. The third kappa shape index (κ3) is 4.28. The number of carbonyl (C=O) groups excluding carboxylic acids is 2. The number of hydrogen-bond acceptors (Lipinski definition) is 8. The van der Waals surface area contributed by atoms with Crippen molar-refractivity contribution in [1.29, 1.82) is 0 Å². The summed E-state index contributed by atoms with van der Waals surface area (Å²) in [5.41, 5.74) is 3.28. The first-order chi connectivity index (χ1) is 17.8. The Kier molecular flexibility index (Phi) is 6.32. The first-order valence-electron chi connectivity index (χ1n) is 12.3. The fourth-order valence-electron chi connectivity index (χ4n) is 5.64. The summed E-state index contributed by atoms with van der Waals surface area (Å²) >= 11 is 0. The van der Waals surface area contributed by atoms with Crippen molar-refractivity contribution in [2.24, 2.45) is 0 Å². The van der Waals surface area contributed by atoms with Crippen molar-refractivity contribution in [2.45, 2.75) is 51.4 Å². The van der Waals surface area contributed by atoms with Crippen molar-refractivity contribution in [3.05, 3.63) is 90.8 Å². The van der Waals surface area contributed by atoms with Gasteiger partial charge in [-0.15, -0.1) is 0 Å². The monoisotopic (exact) mass is 503 g/mol. The first kappa shape index (κ1) is 24.4. The second-order valence-corrected chi connectivity index (χ2v) is 9.29. The van der Waals surface area contributed by atoms with E-state index in [0.29, 0.717) is 36.3 Å². The molecule has 10 heteroatoms. The highest BCUT2D eigenvalue weighted by Gasteiger charge is 2.42. The molecule has 2 aliphatic carbocycles. The molecule has 10 nitrogen and oxygen atoms in total. The van der Waals surface area contributed by atoms with Crippen molar-refractivity contribution >= 4 is 22.9 Å². The van der Waals surface area contributed by atoms with Gasteiger partial charge in [0.15, 0.2) is 11.6 Å². The fourth-order valence-corrected chi connectivity index (χ4v) is 5.64. The largest absolute Gasteiger partial charge is 0.450 e. The van der Waals surface area contributed by atoms with Crippen LogP contribution >= 0.6 is 0 Å². The van der Waals surface area contributed by atoms with Crippen LogP contribution in [-0.2, 0) is 9.59 Å². The van der Waals surface area contributed by atoms with Crippen LogP contribution in [0.2, 0.25) is 0 Å². The van der Waals surface area contributed by atoms with Gasteiger partial charge in [-0.2, -0.15) is 0 Å². The van der Waals surface area contributed by atoms with Gasteiger partial charge in [0.05, 0.1) is 15.9 Å². The first-order valence-corrected chi connectivity index (χ1v) is 12.3. The van der Waals surface area contributed by atoms with Crippen LogP contribution in [0.1, 0.15) is 56.9 Å². The van der Waals surface area contributed by atoms with Gasteiger partial charge in [-0.25, -0.2) is 0 Å². The van der Waals surface area contributed by atoms with E-state index in [1.165, 1.54) is 6.07 Å². The van der Waals surface area contributed by atoms with Crippen molar-refractivity contribution in [2.75, 3.05) is 6.54 Å². The van der Waals surface area contributed by atoms with Crippen LogP contribution in [0, 0.1) is 20.2 Å². The van der Waals surface area contributed by atoms with Gasteiger partial charge in [0, 0.05) is 53.9 Å². The van der Waals surface area contributed by atoms with E-state index in [0.717, 1.165) is 54.8 Å². The van der Waals surface area contributed by atoms with Crippen molar-refractivity contribution in [1.82, 2.24) is 4.90 Å². The van der Waals surface area contributed by atoms with E-state index in [-0.39, 0.29) is 17.3 Å². The normalized spacial score (nSPS) is 18.0. The maximum absolute atomic E-state index is 13.2. The van der Waals surface area contributed by atoms with Crippen LogP contribution in [0.3, 0.4) is 0 Å². The Morgan fingerprint density at radius 1 is 0.865 bits per heavy atom. The molecule has 2 aromatic carbocycles. The number of nitro benzene ring substituents is 2. The summed E-state index contributed by atoms with van der Waals surface area (Å²) in [7, 11) is 0. The van der Waals surface area contributed by atoms with Gasteiger partial charge in [-0.05, 0) is 56.4 Å². The Morgan fingerprint density at radius 3 is 1.97 bits per heavy atom. The Morgan fingerprint density at radius 2 is 1.46 bits per heavy atom. The van der Waals surface area contributed by atoms with E-state index < -0.39 is 27.1 Å². The van der Waals surface area contributed by atoms with Crippen LogP contribution in [0.25, 0.3) is 0 Å². The number of benzene rings is 2. The molecule has 5 rings (SSSR count). The number of allylic oxidation sites excluding steroid dienone is 4. The lowest BCUT2D eigenvalue weighted by Gasteiger charge is -2.43. The number of non-ortho nitro benzene ring substituents is 1. The summed E-state index contributed by atoms with van der Waals surface area (Å²) in [6.45, 7) is 2.74. The van der Waals surface area contributed by atoms with Crippen molar-refractivity contribution in [3.63, 3.8) is 0 Å². The molecular formula is C27H25N3O7. The average Bonchev–Trinajstić information content (AvgIpc) is 2.88. The molecule has 190 valence electrons. The predicted octanol–water partition coefficient (Wildman–Crippen LogP) is 5.73. The van der Waals surface area contributed by atoms with Crippen molar-refractivity contribution in [3.8, 4) is 11.5 Å². The topological polar surface area (TPSA) is 133 Å². The molecular weight excluding hydrogens is 478 g/mol. The summed E-state index contributed by atoms with van der Waals surface area (Å²) in [4.78, 5) is 49.6. The van der Waals surface area contributed by atoms with E-state index in [9.17, 15) is 29.8 Å². The lowest BCUT2D eigenvalue weighted by Crippen LogP contribution is -2.39. The van der Waals surface area contributed by atoms with E-state index in [1.54, 1.807) is 24.3 Å². The molecule has 0 amide bonds. The van der Waals surface area contributed by atoms with Crippen LogP contribution in [0.15, 0.2) is 65.0 Å². The molecule has 1 heterocycles. The molecule has 1 aliphatic heterocycles. The quantitative estimate of drug-likeness (QED) is 0.360. The zero-order chi connectivity index (χ0) is 26.3. The predicted molar refractivity (Wildman–Crippen MR) is 133 cm³/mol. The third-order valence-electron chi connectivity index (χ3n) is 7.19. The second kappa shape index (κ2) is 9.61. The summed E-state index contributed by atoms with van der Waals surface area (Å²) in [5, 5.41) is 22.5. The number of nitrogens with zero attached hydrogens (tertiary/aromatic N) is 3. The minimum Gasteiger partial charge on any atom is -0.450 e. The van der Waals surface area contributed by atoms with Crippen molar-refractivity contribution < 1.29 is 24.2 Å². The van der Waals surface area contributed by atoms with Gasteiger partial charge in [-0.1, -0.05) is 12.1 Å². The molecule has 2 aromatic rings. The number of carbonyl (C=O) groups is 2. The van der Waals surface area contributed by atoms with E-state index in [1.807, 2.05) is 6.92 Å². The minimum atomic E-state index is -0.733. The maximum atomic E-state index is 13.2. The molecule has 0 N–H and O–H groups in total. The highest BCUT2D eigenvalue weighted by Crippen LogP contribution is 2.49. The lowest BCUT2D eigenvalue weighted by atomic mass is 9.71. The third-order valence-corrected chi connectivity index (χ3v) is 7.19. The molecule has 0 saturated heterocycles. The lowest BCUT2D eigenvalue weighted by molar-refractivity contribution is -0.394. The van der Waals surface area contributed by atoms with Gasteiger partial charge >= 0.3 is 5.69 Å². The highest BCUT2D eigenvalue weighted by atomic mass is 16.6. The Bertz CT molecular complexity index is 1350. The Labute approximate surface area is 212 Å². The Hall–Kier alpha value is -4.34. The molecule has 3 aliphatic rings. The van der Waals surface area contributed by atoms with Crippen LogP contribution in [-0.4, -0.2) is 32.9 Å². The number of ketones is 2. The summed E-state index contributed by atoms with van der Waals surface area (Å²) in [6.07, 6.45) is 4.07. The molecule has 0 unspecified atom stereocenters. The number of rotatable bonds is 6. The van der Waals surface area contributed by atoms with E-state index >= 15 is 0 Å². The smallest absolute Gasteiger partial charge is 0.318 e. The maximum Gasteiger partial charge on any atom is 0.318 e. The van der Waals surface area contributed by atoms with Gasteiger partial charge in [0.25, 0.3) is 5.69 Å². The molecule has 0 saturated carbocycles. The highest BCUT2D eigenvalue weighted by molar-refractivity contribution is 6.06. The fraction of sp³-hybridized carbons (Fsp3) is 0.333. The molecule has 0 radical (unpaired) electrons. The number of nitro groups is 2. The van der Waals surface area contributed by atoms with Gasteiger partial charge in [0.1, 0.15) is 5.75 Å². The molecule has 0 spiro atoms. The van der Waals surface area contributed by atoms with Crippen LogP contribution < -0.4 is 4.74 Å². The number of ether oxygens (including phenoxy) is 1. The van der Waals surface area contributed by atoms with E-state index in [4.69, 9.17) is 4.74 Å². The zero-order valence-electron chi connectivity index (χ0n) is 20.3. The van der Waals surface area contributed by atoms with Gasteiger partial charge in [-0.3, -0.25) is 29.8 Å². The van der Waals surface area contributed by atoms with Crippen LogP contribution in [0.5, 0.6) is 11.5 Å². The SMILES string of the molecule is CCN1C2=C(C(=O)CCC2)C(c2ccc(Oc3ccc([N+](=O)[O-])cc3[N+](=O)[O-])cc2)C2=C1CCCC2=O. The standard InChI is InChI=1S/C27H25N3O7/c1-2-28-19-5-3-7-22(31)26(19)25(27-20(28)6-4-8-23(27)32)16-9-12-18(13-10-16)37-24-14-11-17(29(33)34)15-21(24)30(35)36/h9-15,25H,2-8H2,1H3. The van der Waals surface area contributed by atoms with Gasteiger partial charge < -0.3 is 9.64 Å². The minimum absolute atomic E-state index is 0.0662. The molecule has 0 aromatic heterocycles. The Balaban J connectivity index is 1.53. The van der Waals surface area contributed by atoms with Gasteiger partial charge in [0.2, 0.25) is 5.75 Å². The number of hydrogen-bond donors (Lipinski definition) is 0. The van der Waals surface area contributed by atoms with Crippen LogP contribution in [0.4, 0.5) is 11.4 Å². The zero-order valence-corrected chi connectivity index (χ0v) is 20.3. The summed E-state index contributed by atoms with van der Waals surface area (Å²) in [6, 6.07) is 10.0. The summed E-state index contributed by atoms with van der Waals surface area (Å²) in [5.74, 6) is -0.149. The summed E-state index contributed by atoms with van der Waals surface area (Å²) < 4.78 is 5.71. The van der Waals surface area contributed by atoms with E-state index in [2.05, 4.69) is 4.90 Å².